The van der Waals surface area contributed by atoms with Crippen molar-refractivity contribution in [2.75, 3.05) is 39.6 Å². The van der Waals surface area contributed by atoms with Gasteiger partial charge >= 0.3 is 0 Å². The van der Waals surface area contributed by atoms with Crippen molar-refractivity contribution in [3.63, 3.8) is 0 Å². The lowest BCUT2D eigenvalue weighted by Gasteiger charge is -2.27. The molecule has 112 valence electrons. The molecule has 4 nitrogen and oxygen atoms in total. The SMILES string of the molecule is CC1=C(N(C)C)C=CCN1N=Cc1ccc(N(C)C)cc1. The zero-order chi connectivity index (χ0) is 15.4. The van der Waals surface area contributed by atoms with Crippen LogP contribution >= 0.6 is 0 Å². The largest absolute Gasteiger partial charge is 0.378 e. The van der Waals surface area contributed by atoms with Gasteiger partial charge in [-0.2, -0.15) is 5.10 Å². The lowest BCUT2D eigenvalue weighted by atomic mass is 10.2. The molecule has 0 amide bonds. The molecule has 0 spiro atoms. The Morgan fingerprint density at radius 2 is 1.71 bits per heavy atom. The van der Waals surface area contributed by atoms with E-state index in [0.29, 0.717) is 0 Å². The van der Waals surface area contributed by atoms with Gasteiger partial charge in [-0.15, -0.1) is 0 Å². The van der Waals surface area contributed by atoms with Crippen molar-refractivity contribution < 1.29 is 0 Å². The molecule has 0 radical (unpaired) electrons. The first-order valence-corrected chi connectivity index (χ1v) is 7.12. The molecular weight excluding hydrogens is 260 g/mol. The zero-order valence-electron chi connectivity index (χ0n) is 13.5. The Morgan fingerprint density at radius 1 is 1.05 bits per heavy atom. The first-order valence-electron chi connectivity index (χ1n) is 7.12. The molecule has 0 aliphatic carbocycles. The summed E-state index contributed by atoms with van der Waals surface area (Å²) < 4.78 is 0. The Bertz CT molecular complexity index is 565. The predicted molar refractivity (Wildman–Crippen MR) is 90.6 cm³/mol. The maximum Gasteiger partial charge on any atom is 0.0597 e. The highest BCUT2D eigenvalue weighted by Gasteiger charge is 2.12. The topological polar surface area (TPSA) is 22.1 Å². The summed E-state index contributed by atoms with van der Waals surface area (Å²) in [5.74, 6) is 0. The van der Waals surface area contributed by atoms with Crippen molar-refractivity contribution in [2.24, 2.45) is 5.10 Å². The van der Waals surface area contributed by atoms with E-state index < -0.39 is 0 Å². The van der Waals surface area contributed by atoms with Crippen LogP contribution in [0.25, 0.3) is 0 Å². The third kappa shape index (κ3) is 3.66. The van der Waals surface area contributed by atoms with Crippen LogP contribution < -0.4 is 4.90 Å². The van der Waals surface area contributed by atoms with Crippen LogP contribution in [0.5, 0.6) is 0 Å². The average molecular weight is 284 g/mol. The Labute approximate surface area is 127 Å². The molecule has 1 heterocycles. The zero-order valence-corrected chi connectivity index (χ0v) is 13.5. The number of likely N-dealkylation sites (N-methyl/N-ethyl adjacent to an activating group) is 1. The normalized spacial score (nSPS) is 15.0. The second-order valence-electron chi connectivity index (χ2n) is 5.58. The Kier molecular flexibility index (Phi) is 4.68. The highest BCUT2D eigenvalue weighted by molar-refractivity contribution is 5.80. The van der Waals surface area contributed by atoms with Crippen LogP contribution in [0.2, 0.25) is 0 Å². The third-order valence-electron chi connectivity index (χ3n) is 3.55. The number of hydrogen-bond acceptors (Lipinski definition) is 4. The van der Waals surface area contributed by atoms with Crippen LogP contribution in [0.4, 0.5) is 5.69 Å². The van der Waals surface area contributed by atoms with Gasteiger partial charge in [-0.1, -0.05) is 18.2 Å². The Morgan fingerprint density at radius 3 is 2.29 bits per heavy atom. The van der Waals surface area contributed by atoms with Gasteiger partial charge in [0.25, 0.3) is 0 Å². The van der Waals surface area contributed by atoms with Crippen molar-refractivity contribution in [3.8, 4) is 0 Å². The molecule has 1 aliphatic heterocycles. The molecule has 0 unspecified atom stereocenters. The van der Waals surface area contributed by atoms with Gasteiger partial charge in [0.2, 0.25) is 0 Å². The molecule has 0 bridgehead atoms. The summed E-state index contributed by atoms with van der Waals surface area (Å²) in [7, 11) is 8.19. The summed E-state index contributed by atoms with van der Waals surface area (Å²) in [6.07, 6.45) is 6.19. The van der Waals surface area contributed by atoms with Crippen molar-refractivity contribution in [1.82, 2.24) is 9.91 Å². The Balaban J connectivity index is 2.12. The van der Waals surface area contributed by atoms with E-state index in [0.717, 1.165) is 12.1 Å². The van der Waals surface area contributed by atoms with Gasteiger partial charge in [0, 0.05) is 33.9 Å². The molecule has 0 saturated carbocycles. The number of rotatable bonds is 4. The van der Waals surface area contributed by atoms with Gasteiger partial charge in [0.1, 0.15) is 0 Å². The molecule has 21 heavy (non-hydrogen) atoms. The molecular formula is C17H24N4. The minimum atomic E-state index is 0.815. The smallest absolute Gasteiger partial charge is 0.0597 e. The summed E-state index contributed by atoms with van der Waals surface area (Å²) in [6, 6.07) is 8.38. The summed E-state index contributed by atoms with van der Waals surface area (Å²) >= 11 is 0. The number of benzene rings is 1. The average Bonchev–Trinajstić information content (AvgIpc) is 2.46. The molecule has 0 fully saturated rings. The number of allylic oxidation sites excluding steroid dienone is 2. The van der Waals surface area contributed by atoms with Gasteiger partial charge in [-0.3, -0.25) is 5.01 Å². The molecule has 0 N–H and O–H groups in total. The standard InChI is InChI=1S/C17H24N4/c1-14-17(20(4)5)7-6-12-21(14)18-13-15-8-10-16(11-9-15)19(2)3/h6-11,13H,12H2,1-5H3. The monoisotopic (exact) mass is 284 g/mol. The van der Waals surface area contributed by atoms with Gasteiger partial charge in [-0.05, 0) is 30.7 Å². The fourth-order valence-electron chi connectivity index (χ4n) is 2.26. The minimum absolute atomic E-state index is 0.815. The van der Waals surface area contributed by atoms with Crippen molar-refractivity contribution in [2.45, 2.75) is 6.92 Å². The Hall–Kier alpha value is -2.23. The van der Waals surface area contributed by atoms with Gasteiger partial charge < -0.3 is 9.80 Å². The van der Waals surface area contributed by atoms with E-state index in [-0.39, 0.29) is 0 Å². The van der Waals surface area contributed by atoms with E-state index in [1.165, 1.54) is 17.1 Å². The fraction of sp³-hybridized carbons (Fsp3) is 0.353. The highest BCUT2D eigenvalue weighted by Crippen LogP contribution is 2.18. The second kappa shape index (κ2) is 6.48. The molecule has 1 aromatic carbocycles. The van der Waals surface area contributed by atoms with Crippen molar-refractivity contribution in [3.05, 3.63) is 53.4 Å². The van der Waals surface area contributed by atoms with Crippen LogP contribution in [0.1, 0.15) is 12.5 Å². The predicted octanol–water partition coefficient (Wildman–Crippen LogP) is 2.75. The van der Waals surface area contributed by atoms with Crippen LogP contribution in [0.15, 0.2) is 52.9 Å². The van der Waals surface area contributed by atoms with Crippen LogP contribution in [-0.2, 0) is 0 Å². The van der Waals surface area contributed by atoms with Crippen LogP contribution in [0, 0.1) is 0 Å². The molecule has 0 aromatic heterocycles. The summed E-state index contributed by atoms with van der Waals surface area (Å²) in [5.41, 5.74) is 4.67. The highest BCUT2D eigenvalue weighted by atomic mass is 15.5. The van der Waals surface area contributed by atoms with E-state index >= 15 is 0 Å². The van der Waals surface area contributed by atoms with E-state index in [9.17, 15) is 0 Å². The van der Waals surface area contributed by atoms with Crippen molar-refractivity contribution in [1.29, 1.82) is 0 Å². The van der Waals surface area contributed by atoms with E-state index in [4.69, 9.17) is 0 Å². The maximum absolute atomic E-state index is 4.60. The summed E-state index contributed by atoms with van der Waals surface area (Å²) in [6.45, 7) is 2.92. The third-order valence-corrected chi connectivity index (χ3v) is 3.55. The minimum Gasteiger partial charge on any atom is -0.378 e. The summed E-state index contributed by atoms with van der Waals surface area (Å²) in [4.78, 5) is 4.20. The van der Waals surface area contributed by atoms with Gasteiger partial charge in [0.15, 0.2) is 0 Å². The quantitative estimate of drug-likeness (QED) is 0.794. The summed E-state index contributed by atoms with van der Waals surface area (Å²) in [5, 5.41) is 6.62. The molecule has 2 rings (SSSR count). The first-order chi connectivity index (χ1) is 9.99. The van der Waals surface area contributed by atoms with Crippen LogP contribution in [-0.4, -0.2) is 50.9 Å². The second-order valence-corrected chi connectivity index (χ2v) is 5.58. The fourth-order valence-corrected chi connectivity index (χ4v) is 2.26. The van der Waals surface area contributed by atoms with Crippen molar-refractivity contribution >= 4 is 11.9 Å². The lowest BCUT2D eigenvalue weighted by Crippen LogP contribution is -2.25. The molecule has 1 aliphatic rings. The van der Waals surface area contributed by atoms with E-state index in [1.807, 2.05) is 25.3 Å². The maximum atomic E-state index is 4.60. The van der Waals surface area contributed by atoms with E-state index in [1.54, 1.807) is 0 Å². The van der Waals surface area contributed by atoms with E-state index in [2.05, 4.69) is 72.3 Å². The molecule has 4 heteroatoms. The first kappa shape index (κ1) is 15.2. The lowest BCUT2D eigenvalue weighted by molar-refractivity contribution is 0.373. The number of hydrogen-bond donors (Lipinski definition) is 0. The molecule has 0 saturated heterocycles. The van der Waals surface area contributed by atoms with Gasteiger partial charge in [0.05, 0.1) is 24.2 Å². The molecule has 0 atom stereocenters. The van der Waals surface area contributed by atoms with Gasteiger partial charge in [-0.25, -0.2) is 0 Å². The molecule has 1 aromatic rings. The van der Waals surface area contributed by atoms with Crippen LogP contribution in [0.3, 0.4) is 0 Å². The number of hydrazone groups is 1. The number of nitrogens with zero attached hydrogens (tertiary/aromatic N) is 4. The number of anilines is 1.